The van der Waals surface area contributed by atoms with Crippen molar-refractivity contribution in [3.8, 4) is 0 Å². The van der Waals surface area contributed by atoms with Gasteiger partial charge in [0.2, 0.25) is 0 Å². The van der Waals surface area contributed by atoms with Crippen LogP contribution < -0.4 is 11.1 Å². The minimum Gasteiger partial charge on any atom is -0.409 e. The fourth-order valence-corrected chi connectivity index (χ4v) is 2.96. The van der Waals surface area contributed by atoms with Gasteiger partial charge >= 0.3 is 0 Å². The van der Waals surface area contributed by atoms with Crippen molar-refractivity contribution in [2.75, 3.05) is 5.32 Å². The Morgan fingerprint density at radius 3 is 2.80 bits per heavy atom. The maximum Gasteiger partial charge on any atom is 0.259 e. The Hall–Kier alpha value is -1.77. The predicted molar refractivity (Wildman–Crippen MR) is 78.0 cm³/mol. The normalized spacial score (nSPS) is 11.7. The van der Waals surface area contributed by atoms with Gasteiger partial charge in [0.25, 0.3) is 5.91 Å². The third-order valence-electron chi connectivity index (χ3n) is 2.46. The second kappa shape index (κ2) is 5.70. The number of nitrogens with zero attached hydrogens (tertiary/aromatic N) is 3. The van der Waals surface area contributed by atoms with Gasteiger partial charge in [0.05, 0.1) is 21.7 Å². The van der Waals surface area contributed by atoms with Crippen LogP contribution in [0.4, 0.5) is 5.82 Å². The Labute approximate surface area is 127 Å². The Morgan fingerprint density at radius 2 is 2.25 bits per heavy atom. The molecule has 0 bridgehead atoms. The molecule has 106 valence electrons. The molecule has 0 atom stereocenters. The monoisotopic (exact) mass is 333 g/mol. The third kappa shape index (κ3) is 2.72. The van der Waals surface area contributed by atoms with Crippen molar-refractivity contribution in [1.82, 2.24) is 9.78 Å². The maximum atomic E-state index is 12.1. The molecule has 0 fully saturated rings. The highest BCUT2D eigenvalue weighted by atomic mass is 35.5. The van der Waals surface area contributed by atoms with Gasteiger partial charge in [-0.3, -0.25) is 9.48 Å². The van der Waals surface area contributed by atoms with Gasteiger partial charge in [-0.2, -0.15) is 5.10 Å². The smallest absolute Gasteiger partial charge is 0.259 e. The lowest BCUT2D eigenvalue weighted by Crippen LogP contribution is -2.19. The number of amidine groups is 1. The lowest BCUT2D eigenvalue weighted by molar-refractivity contribution is 0.102. The van der Waals surface area contributed by atoms with E-state index in [0.29, 0.717) is 9.90 Å². The zero-order chi connectivity index (χ0) is 14.9. The molecule has 10 heteroatoms. The minimum absolute atomic E-state index is 0.164. The van der Waals surface area contributed by atoms with Gasteiger partial charge in [0.1, 0.15) is 10.2 Å². The number of thiophene rings is 1. The van der Waals surface area contributed by atoms with Crippen LogP contribution in [0, 0.1) is 0 Å². The van der Waals surface area contributed by atoms with E-state index in [-0.39, 0.29) is 21.6 Å². The first-order valence-corrected chi connectivity index (χ1v) is 6.77. The highest BCUT2D eigenvalue weighted by Gasteiger charge is 2.19. The molecule has 20 heavy (non-hydrogen) atoms. The van der Waals surface area contributed by atoms with Crippen molar-refractivity contribution in [2.45, 2.75) is 0 Å². The standard InChI is InChI=1S/C10H9Cl2N5O2S/c1-17-9(5(3-14-17)8(13)16-19)15-10(18)4-2-6(11)20-7(4)12/h2-3,19H,1H3,(H2,13,16)(H,15,18). The number of aryl methyl sites for hydroxylation is 1. The molecule has 2 aromatic heterocycles. The first-order valence-electron chi connectivity index (χ1n) is 5.20. The molecule has 2 aromatic rings. The Bertz CT molecular complexity index is 694. The van der Waals surface area contributed by atoms with Crippen LogP contribution in [-0.2, 0) is 7.05 Å². The fraction of sp³-hybridized carbons (Fsp3) is 0.100. The van der Waals surface area contributed by atoms with Gasteiger partial charge in [-0.1, -0.05) is 28.4 Å². The van der Waals surface area contributed by atoms with Gasteiger partial charge in [-0.15, -0.1) is 11.3 Å². The SMILES string of the molecule is Cn1ncc(/C(N)=N/O)c1NC(=O)c1cc(Cl)sc1Cl. The molecule has 0 radical (unpaired) electrons. The van der Waals surface area contributed by atoms with E-state index in [1.165, 1.54) is 16.9 Å². The van der Waals surface area contributed by atoms with Crippen molar-refractivity contribution in [1.29, 1.82) is 0 Å². The van der Waals surface area contributed by atoms with Gasteiger partial charge < -0.3 is 16.3 Å². The Balaban J connectivity index is 2.33. The van der Waals surface area contributed by atoms with Gasteiger partial charge in [-0.25, -0.2) is 0 Å². The van der Waals surface area contributed by atoms with Crippen LogP contribution in [0.3, 0.4) is 0 Å². The van der Waals surface area contributed by atoms with Crippen LogP contribution >= 0.6 is 34.5 Å². The summed E-state index contributed by atoms with van der Waals surface area (Å²) < 4.78 is 2.06. The number of anilines is 1. The van der Waals surface area contributed by atoms with Crippen LogP contribution in [-0.4, -0.2) is 26.7 Å². The summed E-state index contributed by atoms with van der Waals surface area (Å²) in [4.78, 5) is 12.1. The quantitative estimate of drug-likeness (QED) is 0.346. The molecule has 0 aliphatic rings. The van der Waals surface area contributed by atoms with Crippen LogP contribution in [0.15, 0.2) is 17.4 Å². The number of halogens is 2. The van der Waals surface area contributed by atoms with Crippen molar-refractivity contribution in [3.63, 3.8) is 0 Å². The molecular weight excluding hydrogens is 325 g/mol. The Kier molecular flexibility index (Phi) is 4.17. The summed E-state index contributed by atoms with van der Waals surface area (Å²) in [6, 6.07) is 1.46. The summed E-state index contributed by atoms with van der Waals surface area (Å²) in [5.74, 6) is -0.347. The van der Waals surface area contributed by atoms with E-state index in [4.69, 9.17) is 34.1 Å². The summed E-state index contributed by atoms with van der Waals surface area (Å²) in [5.41, 5.74) is 6.04. The highest BCUT2D eigenvalue weighted by Crippen LogP contribution is 2.31. The molecule has 0 saturated carbocycles. The van der Waals surface area contributed by atoms with E-state index in [0.717, 1.165) is 11.3 Å². The number of carbonyl (C=O) groups is 1. The van der Waals surface area contributed by atoms with Crippen LogP contribution in [0.25, 0.3) is 0 Å². The number of carbonyl (C=O) groups excluding carboxylic acids is 1. The van der Waals surface area contributed by atoms with E-state index in [9.17, 15) is 4.79 Å². The molecule has 0 unspecified atom stereocenters. The zero-order valence-electron chi connectivity index (χ0n) is 10.1. The van der Waals surface area contributed by atoms with Crippen LogP contribution in [0.1, 0.15) is 15.9 Å². The molecule has 2 rings (SSSR count). The number of hydrogen-bond donors (Lipinski definition) is 3. The fourth-order valence-electron chi connectivity index (χ4n) is 1.50. The second-order valence-electron chi connectivity index (χ2n) is 3.71. The van der Waals surface area contributed by atoms with Crippen LogP contribution in [0.5, 0.6) is 0 Å². The average Bonchev–Trinajstić information content (AvgIpc) is 2.92. The molecule has 0 aliphatic heterocycles. The number of nitrogens with one attached hydrogen (secondary N) is 1. The summed E-state index contributed by atoms with van der Waals surface area (Å²) in [6.45, 7) is 0. The van der Waals surface area contributed by atoms with Crippen molar-refractivity contribution in [3.05, 3.63) is 32.1 Å². The first-order chi connectivity index (χ1) is 9.43. The molecule has 7 nitrogen and oxygen atoms in total. The molecule has 4 N–H and O–H groups in total. The van der Waals surface area contributed by atoms with Gasteiger partial charge in [-0.05, 0) is 6.07 Å². The van der Waals surface area contributed by atoms with E-state index >= 15 is 0 Å². The number of amides is 1. The van der Waals surface area contributed by atoms with E-state index in [2.05, 4.69) is 15.6 Å². The molecular formula is C10H9Cl2N5O2S. The molecule has 2 heterocycles. The molecule has 0 aromatic carbocycles. The van der Waals surface area contributed by atoms with Crippen LogP contribution in [0.2, 0.25) is 8.67 Å². The maximum absolute atomic E-state index is 12.1. The summed E-state index contributed by atoms with van der Waals surface area (Å²) in [7, 11) is 1.60. The lowest BCUT2D eigenvalue weighted by Gasteiger charge is -2.07. The molecule has 0 spiro atoms. The van der Waals surface area contributed by atoms with E-state index < -0.39 is 5.91 Å². The first kappa shape index (κ1) is 14.6. The van der Waals surface area contributed by atoms with Gasteiger partial charge in [0.15, 0.2) is 5.84 Å². The molecule has 0 aliphatic carbocycles. The lowest BCUT2D eigenvalue weighted by atomic mass is 10.2. The number of aromatic nitrogens is 2. The number of hydrogen-bond acceptors (Lipinski definition) is 5. The minimum atomic E-state index is -0.464. The average molecular weight is 334 g/mol. The summed E-state index contributed by atoms with van der Waals surface area (Å²) >= 11 is 12.8. The number of rotatable bonds is 3. The van der Waals surface area contributed by atoms with E-state index in [1.807, 2.05) is 0 Å². The molecule has 1 amide bonds. The molecule has 0 saturated heterocycles. The third-order valence-corrected chi connectivity index (χ3v) is 3.94. The van der Waals surface area contributed by atoms with Crippen molar-refractivity contribution >= 4 is 52.1 Å². The summed E-state index contributed by atoms with van der Waals surface area (Å²) in [5, 5.41) is 18.1. The summed E-state index contributed by atoms with van der Waals surface area (Å²) in [6.07, 6.45) is 1.37. The Morgan fingerprint density at radius 1 is 1.55 bits per heavy atom. The number of nitrogens with two attached hydrogens (primary N) is 1. The van der Waals surface area contributed by atoms with Gasteiger partial charge in [0, 0.05) is 7.05 Å². The second-order valence-corrected chi connectivity index (χ2v) is 5.99. The number of oxime groups is 1. The predicted octanol–water partition coefficient (Wildman–Crippen LogP) is 2.14. The largest absolute Gasteiger partial charge is 0.409 e. The van der Waals surface area contributed by atoms with E-state index in [1.54, 1.807) is 7.05 Å². The topological polar surface area (TPSA) is 106 Å². The van der Waals surface area contributed by atoms with Crippen molar-refractivity contribution < 1.29 is 10.0 Å². The zero-order valence-corrected chi connectivity index (χ0v) is 12.4. The van der Waals surface area contributed by atoms with Crippen molar-refractivity contribution in [2.24, 2.45) is 17.9 Å². The highest BCUT2D eigenvalue weighted by molar-refractivity contribution is 7.20.